The minimum atomic E-state index is -0.161. The van der Waals surface area contributed by atoms with Crippen molar-refractivity contribution in [3.63, 3.8) is 0 Å². The van der Waals surface area contributed by atoms with E-state index in [0.29, 0.717) is 11.4 Å². The number of amides is 1. The van der Waals surface area contributed by atoms with Crippen LogP contribution in [0.5, 0.6) is 11.6 Å². The number of pyridine rings is 1. The summed E-state index contributed by atoms with van der Waals surface area (Å²) >= 11 is 0. The molecule has 0 aliphatic carbocycles. The molecule has 0 radical (unpaired) electrons. The van der Waals surface area contributed by atoms with E-state index in [1.54, 1.807) is 19.2 Å². The van der Waals surface area contributed by atoms with Gasteiger partial charge in [-0.25, -0.2) is 4.98 Å². The molecule has 0 fully saturated rings. The summed E-state index contributed by atoms with van der Waals surface area (Å²) in [5.74, 6) is 1.04. The fourth-order valence-corrected chi connectivity index (χ4v) is 1.63. The second kappa shape index (κ2) is 6.00. The van der Waals surface area contributed by atoms with Gasteiger partial charge in [0, 0.05) is 19.3 Å². The Labute approximate surface area is 112 Å². The van der Waals surface area contributed by atoms with Gasteiger partial charge < -0.3 is 10.1 Å². The Bertz CT molecular complexity index is 547. The minimum absolute atomic E-state index is 0.161. The van der Waals surface area contributed by atoms with Crippen molar-refractivity contribution in [1.29, 1.82) is 0 Å². The van der Waals surface area contributed by atoms with Gasteiger partial charge in [0.15, 0.2) is 0 Å². The second-order valence-electron chi connectivity index (χ2n) is 4.06. The smallest absolute Gasteiger partial charge is 0.252 e. The number of hydrogen-bond donors (Lipinski definition) is 1. The van der Waals surface area contributed by atoms with Crippen molar-refractivity contribution in [3.05, 3.63) is 53.7 Å². The molecule has 1 aromatic heterocycles. The lowest BCUT2D eigenvalue weighted by molar-refractivity contribution is 0.0962. The first-order chi connectivity index (χ1) is 9.22. The minimum Gasteiger partial charge on any atom is -0.439 e. The van der Waals surface area contributed by atoms with Crippen molar-refractivity contribution < 1.29 is 9.53 Å². The maximum atomic E-state index is 11.4. The highest BCUT2D eigenvalue weighted by Crippen LogP contribution is 2.20. The van der Waals surface area contributed by atoms with Gasteiger partial charge in [0.2, 0.25) is 5.88 Å². The molecule has 2 rings (SSSR count). The zero-order valence-electron chi connectivity index (χ0n) is 11.0. The van der Waals surface area contributed by atoms with Crippen LogP contribution in [0.15, 0.2) is 42.6 Å². The van der Waals surface area contributed by atoms with Gasteiger partial charge in [-0.15, -0.1) is 0 Å². The first-order valence-electron chi connectivity index (χ1n) is 6.18. The fraction of sp³-hybridized carbons (Fsp3) is 0.200. The number of ether oxygens (including phenoxy) is 1. The van der Waals surface area contributed by atoms with Crippen LogP contribution in [0.4, 0.5) is 0 Å². The van der Waals surface area contributed by atoms with E-state index >= 15 is 0 Å². The number of rotatable bonds is 4. The number of nitrogens with one attached hydrogen (secondary N) is 1. The molecule has 0 atom stereocenters. The van der Waals surface area contributed by atoms with E-state index in [9.17, 15) is 4.79 Å². The summed E-state index contributed by atoms with van der Waals surface area (Å²) in [6, 6.07) is 11.2. The van der Waals surface area contributed by atoms with E-state index in [2.05, 4.69) is 17.2 Å². The lowest BCUT2D eigenvalue weighted by Crippen LogP contribution is -2.17. The SMILES string of the molecule is CCc1ccc(Oc2ccc(C(=O)NC)cn2)cc1. The highest BCUT2D eigenvalue weighted by molar-refractivity contribution is 5.93. The third-order valence-corrected chi connectivity index (χ3v) is 2.78. The van der Waals surface area contributed by atoms with E-state index < -0.39 is 0 Å². The van der Waals surface area contributed by atoms with Crippen LogP contribution < -0.4 is 10.1 Å². The molecule has 0 saturated carbocycles. The molecule has 0 spiro atoms. The average molecular weight is 256 g/mol. The molecule has 0 unspecified atom stereocenters. The molecule has 0 saturated heterocycles. The van der Waals surface area contributed by atoms with Gasteiger partial charge in [-0.2, -0.15) is 0 Å². The molecule has 0 bridgehead atoms. The van der Waals surface area contributed by atoms with Gasteiger partial charge in [-0.3, -0.25) is 4.79 Å². The number of aryl methyl sites for hydroxylation is 1. The van der Waals surface area contributed by atoms with Gasteiger partial charge in [-0.1, -0.05) is 19.1 Å². The van der Waals surface area contributed by atoms with E-state index in [1.807, 2.05) is 24.3 Å². The molecular weight excluding hydrogens is 240 g/mol. The summed E-state index contributed by atoms with van der Waals surface area (Å²) in [4.78, 5) is 15.5. The molecule has 98 valence electrons. The van der Waals surface area contributed by atoms with Crippen LogP contribution in [0.3, 0.4) is 0 Å². The molecule has 2 aromatic rings. The number of nitrogens with zero attached hydrogens (tertiary/aromatic N) is 1. The Morgan fingerprint density at radius 3 is 2.47 bits per heavy atom. The van der Waals surface area contributed by atoms with Gasteiger partial charge in [0.1, 0.15) is 5.75 Å². The first kappa shape index (κ1) is 13.1. The number of carbonyl (C=O) groups is 1. The normalized spacial score (nSPS) is 10.0. The molecule has 1 N–H and O–H groups in total. The topological polar surface area (TPSA) is 51.2 Å². The third-order valence-electron chi connectivity index (χ3n) is 2.78. The molecule has 19 heavy (non-hydrogen) atoms. The zero-order chi connectivity index (χ0) is 13.7. The molecule has 4 heteroatoms. The van der Waals surface area contributed by atoms with Crippen molar-refractivity contribution >= 4 is 5.91 Å². The van der Waals surface area contributed by atoms with E-state index in [1.165, 1.54) is 11.8 Å². The number of carbonyl (C=O) groups excluding carboxylic acids is 1. The summed E-state index contributed by atoms with van der Waals surface area (Å²) in [6.45, 7) is 2.11. The quantitative estimate of drug-likeness (QED) is 0.915. The second-order valence-corrected chi connectivity index (χ2v) is 4.06. The number of hydrogen-bond acceptors (Lipinski definition) is 3. The number of benzene rings is 1. The highest BCUT2D eigenvalue weighted by Gasteiger charge is 2.04. The Hall–Kier alpha value is -2.36. The van der Waals surface area contributed by atoms with Crippen molar-refractivity contribution in [2.24, 2.45) is 0 Å². The van der Waals surface area contributed by atoms with Crippen LogP contribution >= 0.6 is 0 Å². The Kier molecular flexibility index (Phi) is 4.13. The standard InChI is InChI=1S/C15H16N2O2/c1-3-11-4-7-13(8-5-11)19-14-9-6-12(10-17-14)15(18)16-2/h4-10H,3H2,1-2H3,(H,16,18). The number of aromatic nitrogens is 1. The molecule has 1 heterocycles. The van der Waals surface area contributed by atoms with Crippen LogP contribution in [-0.2, 0) is 6.42 Å². The summed E-state index contributed by atoms with van der Waals surface area (Å²) in [7, 11) is 1.59. The first-order valence-corrected chi connectivity index (χ1v) is 6.18. The van der Waals surface area contributed by atoms with Crippen molar-refractivity contribution in [3.8, 4) is 11.6 Å². The van der Waals surface area contributed by atoms with Gasteiger partial charge >= 0.3 is 0 Å². The summed E-state index contributed by atoms with van der Waals surface area (Å²) < 4.78 is 5.60. The van der Waals surface area contributed by atoms with E-state index in [-0.39, 0.29) is 5.91 Å². The van der Waals surface area contributed by atoms with Gasteiger partial charge in [-0.05, 0) is 30.2 Å². The average Bonchev–Trinajstić information content (AvgIpc) is 2.48. The van der Waals surface area contributed by atoms with Gasteiger partial charge in [0.05, 0.1) is 5.56 Å². The molecule has 1 aromatic carbocycles. The van der Waals surface area contributed by atoms with Crippen LogP contribution in [0.25, 0.3) is 0 Å². The summed E-state index contributed by atoms with van der Waals surface area (Å²) in [5.41, 5.74) is 1.77. The summed E-state index contributed by atoms with van der Waals surface area (Å²) in [5, 5.41) is 2.54. The Morgan fingerprint density at radius 1 is 1.21 bits per heavy atom. The molecule has 1 amide bonds. The molecule has 0 aliphatic heterocycles. The Balaban J connectivity index is 2.08. The third kappa shape index (κ3) is 3.31. The van der Waals surface area contributed by atoms with Crippen LogP contribution in [0, 0.1) is 0 Å². The monoisotopic (exact) mass is 256 g/mol. The van der Waals surface area contributed by atoms with Crippen molar-refractivity contribution in [2.45, 2.75) is 13.3 Å². The highest BCUT2D eigenvalue weighted by atomic mass is 16.5. The van der Waals surface area contributed by atoms with Crippen molar-refractivity contribution in [2.75, 3.05) is 7.05 Å². The van der Waals surface area contributed by atoms with E-state index in [0.717, 1.165) is 12.2 Å². The Morgan fingerprint density at radius 2 is 1.95 bits per heavy atom. The zero-order valence-corrected chi connectivity index (χ0v) is 11.0. The van der Waals surface area contributed by atoms with Crippen LogP contribution in [0.2, 0.25) is 0 Å². The van der Waals surface area contributed by atoms with Crippen LogP contribution in [-0.4, -0.2) is 17.9 Å². The van der Waals surface area contributed by atoms with Crippen LogP contribution in [0.1, 0.15) is 22.8 Å². The lowest BCUT2D eigenvalue weighted by Gasteiger charge is -2.06. The van der Waals surface area contributed by atoms with Crippen molar-refractivity contribution in [1.82, 2.24) is 10.3 Å². The largest absolute Gasteiger partial charge is 0.439 e. The fourth-order valence-electron chi connectivity index (χ4n) is 1.63. The maximum absolute atomic E-state index is 11.4. The molecule has 0 aliphatic rings. The molecular formula is C15H16N2O2. The predicted octanol–water partition coefficient (Wildman–Crippen LogP) is 2.80. The summed E-state index contributed by atoms with van der Waals surface area (Å²) in [6.07, 6.45) is 2.49. The van der Waals surface area contributed by atoms with Gasteiger partial charge in [0.25, 0.3) is 5.91 Å². The predicted molar refractivity (Wildman–Crippen MR) is 73.5 cm³/mol. The molecule has 4 nitrogen and oxygen atoms in total. The lowest BCUT2D eigenvalue weighted by atomic mass is 10.2. The maximum Gasteiger partial charge on any atom is 0.252 e. The van der Waals surface area contributed by atoms with E-state index in [4.69, 9.17) is 4.74 Å².